The van der Waals surface area contributed by atoms with E-state index in [4.69, 9.17) is 9.57 Å². The molecule has 1 aliphatic carbocycles. The molecule has 0 radical (unpaired) electrons. The Labute approximate surface area is 179 Å². The Hall–Kier alpha value is -2.85. The predicted octanol–water partition coefficient (Wildman–Crippen LogP) is 6.20. The molecule has 1 aliphatic rings. The second-order valence-electron chi connectivity index (χ2n) is 7.96. The summed E-state index contributed by atoms with van der Waals surface area (Å²) in [5, 5.41) is 2.13. The van der Waals surface area contributed by atoms with Gasteiger partial charge in [-0.05, 0) is 37.0 Å². The summed E-state index contributed by atoms with van der Waals surface area (Å²) in [4.78, 5) is 11.1. The SMILES string of the molecule is COc1c(N(OCc2ccccc2)C2(c3ccccc3)CCCCC2)ccnc1C. The van der Waals surface area contributed by atoms with Crippen LogP contribution in [0.2, 0.25) is 0 Å². The van der Waals surface area contributed by atoms with Crippen LogP contribution in [0.4, 0.5) is 5.69 Å². The fraction of sp³-hybridized carbons (Fsp3) is 0.346. The van der Waals surface area contributed by atoms with E-state index in [1.807, 2.05) is 37.4 Å². The highest BCUT2D eigenvalue weighted by atomic mass is 16.7. The Morgan fingerprint density at radius 1 is 0.900 bits per heavy atom. The first-order chi connectivity index (χ1) is 14.7. The van der Waals surface area contributed by atoms with Crippen LogP contribution in [-0.2, 0) is 17.0 Å². The van der Waals surface area contributed by atoms with Gasteiger partial charge in [0, 0.05) is 6.20 Å². The van der Waals surface area contributed by atoms with Crippen LogP contribution in [0.15, 0.2) is 72.9 Å². The summed E-state index contributed by atoms with van der Waals surface area (Å²) in [7, 11) is 1.71. The molecule has 0 unspecified atom stereocenters. The first-order valence-electron chi connectivity index (χ1n) is 10.8. The standard InChI is InChI=1S/C26H30N2O2/c1-21-25(29-2)24(16-19-27-21)28(30-20-22-12-6-3-7-13-22)26(17-10-5-11-18-26)23-14-8-4-9-15-23/h3-4,6-9,12-16,19H,5,10-11,17-18,20H2,1-2H3. The lowest BCUT2D eigenvalue weighted by Crippen LogP contribution is -2.48. The summed E-state index contributed by atoms with van der Waals surface area (Å²) in [6.07, 6.45) is 7.52. The number of anilines is 1. The van der Waals surface area contributed by atoms with Crippen molar-refractivity contribution in [2.24, 2.45) is 0 Å². The van der Waals surface area contributed by atoms with E-state index >= 15 is 0 Å². The molecule has 1 heterocycles. The van der Waals surface area contributed by atoms with Gasteiger partial charge in [-0.2, -0.15) is 0 Å². The lowest BCUT2D eigenvalue weighted by molar-refractivity contribution is 0.0191. The summed E-state index contributed by atoms with van der Waals surface area (Å²) < 4.78 is 5.80. The minimum absolute atomic E-state index is 0.241. The second-order valence-corrected chi connectivity index (χ2v) is 7.96. The van der Waals surface area contributed by atoms with E-state index < -0.39 is 0 Å². The van der Waals surface area contributed by atoms with Crippen LogP contribution < -0.4 is 9.80 Å². The van der Waals surface area contributed by atoms with E-state index in [2.05, 4.69) is 52.5 Å². The number of methoxy groups -OCH3 is 1. The molecule has 0 bridgehead atoms. The monoisotopic (exact) mass is 402 g/mol. The summed E-state index contributed by atoms with van der Waals surface area (Å²) in [5.41, 5.74) is 3.99. The number of hydroxylamine groups is 1. The Morgan fingerprint density at radius 2 is 1.57 bits per heavy atom. The van der Waals surface area contributed by atoms with Crippen molar-refractivity contribution in [2.75, 3.05) is 12.2 Å². The number of hydrogen-bond donors (Lipinski definition) is 0. The number of nitrogens with zero attached hydrogens (tertiary/aromatic N) is 2. The maximum atomic E-state index is 6.63. The van der Waals surface area contributed by atoms with Crippen LogP contribution in [0.3, 0.4) is 0 Å². The molecule has 0 amide bonds. The van der Waals surface area contributed by atoms with Gasteiger partial charge in [-0.15, -0.1) is 0 Å². The van der Waals surface area contributed by atoms with Crippen molar-refractivity contribution in [3.8, 4) is 5.75 Å². The van der Waals surface area contributed by atoms with Gasteiger partial charge >= 0.3 is 0 Å². The molecule has 156 valence electrons. The molecular weight excluding hydrogens is 372 g/mol. The van der Waals surface area contributed by atoms with E-state index in [0.29, 0.717) is 6.61 Å². The highest BCUT2D eigenvalue weighted by Crippen LogP contribution is 2.47. The third-order valence-corrected chi connectivity index (χ3v) is 6.07. The number of pyridine rings is 1. The maximum absolute atomic E-state index is 6.63. The third kappa shape index (κ3) is 4.05. The molecule has 0 saturated heterocycles. The average Bonchev–Trinajstić information content (AvgIpc) is 2.81. The van der Waals surface area contributed by atoms with Crippen LogP contribution in [0.5, 0.6) is 5.75 Å². The lowest BCUT2D eigenvalue weighted by atomic mass is 9.76. The van der Waals surface area contributed by atoms with Gasteiger partial charge in [0.1, 0.15) is 5.69 Å². The first-order valence-corrected chi connectivity index (χ1v) is 10.8. The van der Waals surface area contributed by atoms with Crippen molar-refractivity contribution >= 4 is 5.69 Å². The fourth-order valence-electron chi connectivity index (χ4n) is 4.58. The Morgan fingerprint density at radius 3 is 2.23 bits per heavy atom. The summed E-state index contributed by atoms with van der Waals surface area (Å²) in [5.74, 6) is 0.770. The molecule has 1 aromatic heterocycles. The molecule has 0 aliphatic heterocycles. The molecule has 3 aromatic rings. The molecule has 4 rings (SSSR count). The molecule has 0 N–H and O–H groups in total. The van der Waals surface area contributed by atoms with Crippen molar-refractivity contribution in [1.82, 2.24) is 4.98 Å². The van der Waals surface area contributed by atoms with Crippen molar-refractivity contribution in [3.05, 3.63) is 89.7 Å². The summed E-state index contributed by atoms with van der Waals surface area (Å²) in [6, 6.07) is 23.1. The van der Waals surface area contributed by atoms with Gasteiger partial charge in [0.2, 0.25) is 0 Å². The molecule has 4 heteroatoms. The lowest BCUT2D eigenvalue weighted by Gasteiger charge is -2.47. The van der Waals surface area contributed by atoms with Gasteiger partial charge in [0.05, 0.1) is 24.9 Å². The molecular formula is C26H30N2O2. The van der Waals surface area contributed by atoms with Gasteiger partial charge in [-0.1, -0.05) is 79.9 Å². The smallest absolute Gasteiger partial charge is 0.165 e. The zero-order chi connectivity index (χ0) is 20.8. The van der Waals surface area contributed by atoms with Gasteiger partial charge in [-0.25, -0.2) is 5.06 Å². The van der Waals surface area contributed by atoms with Crippen LogP contribution in [0.1, 0.15) is 48.9 Å². The average molecular weight is 403 g/mol. The predicted molar refractivity (Wildman–Crippen MR) is 120 cm³/mol. The number of aryl methyl sites for hydroxylation is 1. The first kappa shape index (κ1) is 20.4. The van der Waals surface area contributed by atoms with Crippen LogP contribution in [-0.4, -0.2) is 12.1 Å². The van der Waals surface area contributed by atoms with Crippen LogP contribution in [0.25, 0.3) is 0 Å². The van der Waals surface area contributed by atoms with E-state index in [-0.39, 0.29) is 5.54 Å². The van der Waals surface area contributed by atoms with Crippen molar-refractivity contribution in [3.63, 3.8) is 0 Å². The highest BCUT2D eigenvalue weighted by molar-refractivity contribution is 5.61. The number of aromatic nitrogens is 1. The van der Waals surface area contributed by atoms with Gasteiger partial charge in [-0.3, -0.25) is 9.82 Å². The molecule has 0 atom stereocenters. The summed E-state index contributed by atoms with van der Waals surface area (Å²) in [6.45, 7) is 2.48. The largest absolute Gasteiger partial charge is 0.493 e. The van der Waals surface area contributed by atoms with Crippen molar-refractivity contribution in [1.29, 1.82) is 0 Å². The van der Waals surface area contributed by atoms with E-state index in [1.54, 1.807) is 7.11 Å². The Balaban J connectivity index is 1.81. The number of rotatable bonds is 7. The van der Waals surface area contributed by atoms with Gasteiger partial charge < -0.3 is 4.74 Å². The Bertz CT molecular complexity index is 938. The van der Waals surface area contributed by atoms with Gasteiger partial charge in [0.25, 0.3) is 0 Å². The summed E-state index contributed by atoms with van der Waals surface area (Å²) >= 11 is 0. The molecule has 1 fully saturated rings. The van der Waals surface area contributed by atoms with Gasteiger partial charge in [0.15, 0.2) is 5.75 Å². The number of hydrogen-bond acceptors (Lipinski definition) is 4. The van der Waals surface area contributed by atoms with Crippen molar-refractivity contribution < 1.29 is 9.57 Å². The zero-order valence-corrected chi connectivity index (χ0v) is 17.9. The molecule has 0 spiro atoms. The molecule has 1 saturated carbocycles. The number of benzene rings is 2. The maximum Gasteiger partial charge on any atom is 0.165 e. The topological polar surface area (TPSA) is 34.6 Å². The molecule has 4 nitrogen and oxygen atoms in total. The fourth-order valence-corrected chi connectivity index (χ4v) is 4.58. The third-order valence-electron chi connectivity index (χ3n) is 6.07. The minimum atomic E-state index is -0.241. The highest BCUT2D eigenvalue weighted by Gasteiger charge is 2.42. The number of ether oxygens (including phenoxy) is 1. The second kappa shape index (κ2) is 9.31. The normalized spacial score (nSPS) is 15.5. The Kier molecular flexibility index (Phi) is 6.34. The zero-order valence-electron chi connectivity index (χ0n) is 17.9. The van der Waals surface area contributed by atoms with E-state index in [0.717, 1.165) is 35.5 Å². The van der Waals surface area contributed by atoms with Crippen LogP contribution in [0, 0.1) is 6.92 Å². The molecule has 2 aromatic carbocycles. The van der Waals surface area contributed by atoms with Crippen molar-refractivity contribution in [2.45, 2.75) is 51.2 Å². The minimum Gasteiger partial charge on any atom is -0.493 e. The van der Waals surface area contributed by atoms with Crippen LogP contribution >= 0.6 is 0 Å². The van der Waals surface area contributed by atoms with E-state index in [1.165, 1.54) is 24.8 Å². The molecule has 30 heavy (non-hydrogen) atoms. The van der Waals surface area contributed by atoms with E-state index in [9.17, 15) is 0 Å². The quantitative estimate of drug-likeness (QED) is 0.441.